The van der Waals surface area contributed by atoms with Gasteiger partial charge in [0.1, 0.15) is 0 Å². The van der Waals surface area contributed by atoms with Crippen molar-refractivity contribution in [1.29, 1.82) is 0 Å². The molecule has 4 nitrogen and oxygen atoms in total. The monoisotopic (exact) mass is 259 g/mol. The molecule has 1 aliphatic heterocycles. The second-order valence-electron chi connectivity index (χ2n) is 5.03. The third kappa shape index (κ3) is 6.14. The lowest BCUT2D eigenvalue weighted by molar-refractivity contribution is -0.0130. The molecule has 4 heteroatoms. The minimum Gasteiger partial charge on any atom is -0.382 e. The fraction of sp³-hybridized carbons (Fsp3) is 1.00. The fourth-order valence-electron chi connectivity index (χ4n) is 2.39. The molecule has 0 aromatic rings. The van der Waals surface area contributed by atoms with Gasteiger partial charge in [-0.1, -0.05) is 6.92 Å². The fourth-order valence-corrected chi connectivity index (χ4v) is 2.39. The number of nitrogens with one attached hydrogen (secondary N) is 1. The van der Waals surface area contributed by atoms with E-state index in [1.54, 1.807) is 7.11 Å². The highest BCUT2D eigenvalue weighted by molar-refractivity contribution is 4.84. The molecule has 0 bridgehead atoms. The van der Waals surface area contributed by atoms with Crippen LogP contribution in [0, 0.1) is 0 Å². The Bertz CT molecular complexity index is 201. The first-order valence-corrected chi connectivity index (χ1v) is 7.22. The molecule has 0 aromatic heterocycles. The lowest BCUT2D eigenvalue weighted by atomic mass is 9.95. The van der Waals surface area contributed by atoms with Gasteiger partial charge in [0, 0.05) is 32.4 Å². The van der Waals surface area contributed by atoms with Crippen molar-refractivity contribution in [3.05, 3.63) is 0 Å². The number of ether oxygens (including phenoxy) is 3. The standard InChI is InChI=1S/C14H29NO3/c1-4-13-14(7-6-12(2)15-13)18-9-5-8-17-11-10-16-3/h12-15H,4-11H2,1-3H3. The Morgan fingerprint density at radius 1 is 1.11 bits per heavy atom. The molecular formula is C14H29NO3. The van der Waals surface area contributed by atoms with Crippen molar-refractivity contribution in [3.8, 4) is 0 Å². The molecule has 1 rings (SSSR count). The Morgan fingerprint density at radius 2 is 1.94 bits per heavy atom. The number of piperidine rings is 1. The highest BCUT2D eigenvalue weighted by Crippen LogP contribution is 2.18. The van der Waals surface area contributed by atoms with Gasteiger partial charge in [0.2, 0.25) is 0 Å². The van der Waals surface area contributed by atoms with E-state index in [0.717, 1.165) is 26.1 Å². The van der Waals surface area contributed by atoms with E-state index in [4.69, 9.17) is 14.2 Å². The van der Waals surface area contributed by atoms with E-state index >= 15 is 0 Å². The van der Waals surface area contributed by atoms with Crippen LogP contribution in [0.4, 0.5) is 0 Å². The van der Waals surface area contributed by atoms with Crippen LogP contribution in [0.1, 0.15) is 39.5 Å². The number of methoxy groups -OCH3 is 1. The summed E-state index contributed by atoms with van der Waals surface area (Å²) in [5.74, 6) is 0. The summed E-state index contributed by atoms with van der Waals surface area (Å²) in [6.07, 6.45) is 4.87. The van der Waals surface area contributed by atoms with Gasteiger partial charge in [-0.05, 0) is 32.6 Å². The van der Waals surface area contributed by atoms with Crippen LogP contribution in [0.25, 0.3) is 0 Å². The third-order valence-electron chi connectivity index (χ3n) is 3.47. The molecule has 0 amide bonds. The van der Waals surface area contributed by atoms with Gasteiger partial charge in [-0.15, -0.1) is 0 Å². The Morgan fingerprint density at radius 3 is 2.67 bits per heavy atom. The van der Waals surface area contributed by atoms with Crippen LogP contribution in [0.5, 0.6) is 0 Å². The van der Waals surface area contributed by atoms with E-state index in [2.05, 4.69) is 19.2 Å². The molecule has 1 aliphatic rings. The Balaban J connectivity index is 2.03. The Kier molecular flexibility index (Phi) is 8.59. The van der Waals surface area contributed by atoms with E-state index in [0.29, 0.717) is 31.4 Å². The number of hydrogen-bond acceptors (Lipinski definition) is 4. The summed E-state index contributed by atoms with van der Waals surface area (Å²) in [5, 5.41) is 3.61. The lowest BCUT2D eigenvalue weighted by Gasteiger charge is -2.35. The largest absolute Gasteiger partial charge is 0.382 e. The summed E-state index contributed by atoms with van der Waals surface area (Å²) in [4.78, 5) is 0. The predicted molar refractivity (Wildman–Crippen MR) is 73.0 cm³/mol. The second kappa shape index (κ2) is 9.73. The van der Waals surface area contributed by atoms with Gasteiger partial charge >= 0.3 is 0 Å². The molecule has 0 radical (unpaired) electrons. The van der Waals surface area contributed by atoms with Crippen LogP contribution in [-0.4, -0.2) is 51.7 Å². The van der Waals surface area contributed by atoms with Crippen LogP contribution in [-0.2, 0) is 14.2 Å². The summed E-state index contributed by atoms with van der Waals surface area (Å²) < 4.78 is 16.3. The first-order chi connectivity index (χ1) is 8.77. The number of rotatable bonds is 9. The van der Waals surface area contributed by atoms with E-state index in [-0.39, 0.29) is 0 Å². The third-order valence-corrected chi connectivity index (χ3v) is 3.47. The van der Waals surface area contributed by atoms with Crippen molar-refractivity contribution >= 4 is 0 Å². The maximum atomic E-state index is 5.97. The zero-order valence-electron chi connectivity index (χ0n) is 12.1. The van der Waals surface area contributed by atoms with Gasteiger partial charge in [-0.25, -0.2) is 0 Å². The molecule has 0 aliphatic carbocycles. The van der Waals surface area contributed by atoms with Crippen LogP contribution >= 0.6 is 0 Å². The highest BCUT2D eigenvalue weighted by Gasteiger charge is 2.26. The summed E-state index contributed by atoms with van der Waals surface area (Å²) in [6.45, 7) is 7.38. The minimum absolute atomic E-state index is 0.380. The molecule has 108 valence electrons. The lowest BCUT2D eigenvalue weighted by Crippen LogP contribution is -2.50. The Hall–Kier alpha value is -0.160. The first kappa shape index (κ1) is 15.9. The quantitative estimate of drug-likeness (QED) is 0.643. The highest BCUT2D eigenvalue weighted by atomic mass is 16.5. The van der Waals surface area contributed by atoms with Crippen molar-refractivity contribution in [3.63, 3.8) is 0 Å². The van der Waals surface area contributed by atoms with Crippen LogP contribution in [0.2, 0.25) is 0 Å². The zero-order chi connectivity index (χ0) is 13.2. The van der Waals surface area contributed by atoms with Crippen molar-refractivity contribution in [2.24, 2.45) is 0 Å². The molecule has 3 unspecified atom stereocenters. The maximum Gasteiger partial charge on any atom is 0.0728 e. The average molecular weight is 259 g/mol. The molecular weight excluding hydrogens is 230 g/mol. The van der Waals surface area contributed by atoms with Crippen molar-refractivity contribution in [2.75, 3.05) is 33.5 Å². The summed E-state index contributed by atoms with van der Waals surface area (Å²) in [7, 11) is 1.69. The van der Waals surface area contributed by atoms with Crippen LogP contribution in [0.15, 0.2) is 0 Å². The number of hydrogen-bond donors (Lipinski definition) is 1. The van der Waals surface area contributed by atoms with Crippen molar-refractivity contribution < 1.29 is 14.2 Å². The zero-order valence-corrected chi connectivity index (χ0v) is 12.1. The van der Waals surface area contributed by atoms with E-state index in [9.17, 15) is 0 Å². The molecule has 1 N–H and O–H groups in total. The van der Waals surface area contributed by atoms with E-state index in [1.165, 1.54) is 12.8 Å². The van der Waals surface area contributed by atoms with Crippen molar-refractivity contribution in [1.82, 2.24) is 5.32 Å². The van der Waals surface area contributed by atoms with Crippen LogP contribution in [0.3, 0.4) is 0 Å². The molecule has 1 heterocycles. The normalized spacial score (nSPS) is 28.5. The Labute approximate surface area is 111 Å². The average Bonchev–Trinajstić information content (AvgIpc) is 2.39. The van der Waals surface area contributed by atoms with Crippen LogP contribution < -0.4 is 5.32 Å². The van der Waals surface area contributed by atoms with E-state index in [1.807, 2.05) is 0 Å². The maximum absolute atomic E-state index is 5.97. The van der Waals surface area contributed by atoms with Gasteiger partial charge in [0.25, 0.3) is 0 Å². The SMILES string of the molecule is CCC1NC(C)CCC1OCCCOCCOC. The summed E-state index contributed by atoms with van der Waals surface area (Å²) in [5.41, 5.74) is 0. The van der Waals surface area contributed by atoms with Gasteiger partial charge in [-0.2, -0.15) is 0 Å². The second-order valence-corrected chi connectivity index (χ2v) is 5.03. The molecule has 0 spiro atoms. The molecule has 3 atom stereocenters. The molecule has 18 heavy (non-hydrogen) atoms. The van der Waals surface area contributed by atoms with Gasteiger partial charge in [-0.3, -0.25) is 0 Å². The van der Waals surface area contributed by atoms with Gasteiger partial charge in [0.15, 0.2) is 0 Å². The summed E-state index contributed by atoms with van der Waals surface area (Å²) in [6, 6.07) is 1.15. The topological polar surface area (TPSA) is 39.7 Å². The van der Waals surface area contributed by atoms with Gasteiger partial charge in [0.05, 0.1) is 19.3 Å². The molecule has 0 aromatic carbocycles. The minimum atomic E-state index is 0.380. The summed E-state index contributed by atoms with van der Waals surface area (Å²) >= 11 is 0. The smallest absolute Gasteiger partial charge is 0.0728 e. The van der Waals surface area contributed by atoms with E-state index < -0.39 is 0 Å². The predicted octanol–water partition coefficient (Wildman–Crippen LogP) is 1.98. The van der Waals surface area contributed by atoms with Crippen molar-refractivity contribution in [2.45, 2.75) is 57.7 Å². The first-order valence-electron chi connectivity index (χ1n) is 7.22. The van der Waals surface area contributed by atoms with Gasteiger partial charge < -0.3 is 19.5 Å². The molecule has 0 saturated carbocycles. The molecule has 1 fully saturated rings. The molecule has 1 saturated heterocycles.